The molecular weight excluding hydrogens is 343 g/mol. The smallest absolute Gasteiger partial charge is 0.322 e. The minimum Gasteiger partial charge on any atom is -0.322 e. The van der Waals surface area contributed by atoms with Gasteiger partial charge in [-0.1, -0.05) is 33.3 Å². The number of nitrogens with two attached hydrogens (primary N) is 1. The highest BCUT2D eigenvalue weighted by Gasteiger charge is 2.34. The normalized spacial score (nSPS) is 13.6. The Morgan fingerprint density at radius 2 is 2.00 bits per heavy atom. The molecule has 2 aromatic rings. The molecule has 1 atom stereocenters. The lowest BCUT2D eigenvalue weighted by atomic mass is 10.1. The van der Waals surface area contributed by atoms with E-state index in [1.54, 1.807) is 6.92 Å². The van der Waals surface area contributed by atoms with Crippen molar-refractivity contribution in [3.05, 3.63) is 33.2 Å². The minimum atomic E-state index is -4.45. The molecule has 2 N–H and O–H groups in total. The molecule has 0 spiro atoms. The van der Waals surface area contributed by atoms with E-state index in [0.29, 0.717) is 9.48 Å². The molecule has 0 aliphatic rings. The fraction of sp³-hybridized carbons (Fsp3) is 0.273. The molecule has 1 heterocycles. The first-order valence-corrected chi connectivity index (χ1v) is 6.86. The Balaban J connectivity index is 2.55. The van der Waals surface area contributed by atoms with Gasteiger partial charge in [-0.3, -0.25) is 0 Å². The zero-order valence-corrected chi connectivity index (χ0v) is 12.1. The standard InChI is InChI=1S/C11H9BrF3N3S/c1-5(16)9-17-18-10(19-9)7-3-2-6(12)4-8(7)11(13,14)15/h2-5H,16H2,1H3. The zero-order chi connectivity index (χ0) is 14.2. The highest BCUT2D eigenvalue weighted by atomic mass is 79.9. The summed E-state index contributed by atoms with van der Waals surface area (Å²) in [6, 6.07) is 3.59. The number of rotatable bonds is 2. The van der Waals surface area contributed by atoms with Gasteiger partial charge in [-0.05, 0) is 19.1 Å². The van der Waals surface area contributed by atoms with Crippen molar-refractivity contribution in [2.45, 2.75) is 19.1 Å². The monoisotopic (exact) mass is 351 g/mol. The Hall–Kier alpha value is -0.990. The number of halogens is 4. The molecular formula is C11H9BrF3N3S. The lowest BCUT2D eigenvalue weighted by Crippen LogP contribution is -2.07. The molecule has 1 aromatic carbocycles. The van der Waals surface area contributed by atoms with Crippen LogP contribution in [-0.2, 0) is 6.18 Å². The van der Waals surface area contributed by atoms with Crippen LogP contribution < -0.4 is 5.73 Å². The number of hydrogen-bond acceptors (Lipinski definition) is 4. The summed E-state index contributed by atoms with van der Waals surface area (Å²) in [4.78, 5) is 0. The second kappa shape index (κ2) is 5.18. The fourth-order valence-corrected chi connectivity index (χ4v) is 2.66. The van der Waals surface area contributed by atoms with Gasteiger partial charge >= 0.3 is 6.18 Å². The van der Waals surface area contributed by atoms with Gasteiger partial charge in [0.25, 0.3) is 0 Å². The Labute approximate surface area is 119 Å². The maximum absolute atomic E-state index is 13.0. The second-order valence-corrected chi connectivity index (χ2v) is 5.85. The van der Waals surface area contributed by atoms with E-state index in [1.165, 1.54) is 12.1 Å². The molecule has 0 fully saturated rings. The first-order valence-electron chi connectivity index (χ1n) is 5.25. The molecule has 1 unspecified atom stereocenters. The van der Waals surface area contributed by atoms with Crippen LogP contribution in [0.2, 0.25) is 0 Å². The van der Waals surface area contributed by atoms with Crippen LogP contribution in [0.1, 0.15) is 23.5 Å². The zero-order valence-electron chi connectivity index (χ0n) is 9.70. The average molecular weight is 352 g/mol. The highest BCUT2D eigenvalue weighted by Crippen LogP contribution is 2.39. The van der Waals surface area contributed by atoms with E-state index in [1.807, 2.05) is 0 Å². The van der Waals surface area contributed by atoms with Crippen LogP contribution in [0.4, 0.5) is 13.2 Å². The van der Waals surface area contributed by atoms with Crippen molar-refractivity contribution in [1.29, 1.82) is 0 Å². The van der Waals surface area contributed by atoms with Gasteiger partial charge in [0, 0.05) is 10.0 Å². The molecule has 1 aromatic heterocycles. The molecule has 19 heavy (non-hydrogen) atoms. The maximum atomic E-state index is 13.0. The Kier molecular flexibility index (Phi) is 3.93. The molecule has 0 amide bonds. The van der Waals surface area contributed by atoms with Crippen molar-refractivity contribution < 1.29 is 13.2 Å². The number of aromatic nitrogens is 2. The van der Waals surface area contributed by atoms with Gasteiger partial charge in [0.05, 0.1) is 11.6 Å². The third-order valence-electron chi connectivity index (χ3n) is 2.35. The van der Waals surface area contributed by atoms with Crippen LogP contribution in [0.3, 0.4) is 0 Å². The molecule has 2 rings (SSSR count). The van der Waals surface area contributed by atoms with E-state index in [9.17, 15) is 13.2 Å². The molecule has 0 saturated carbocycles. The van der Waals surface area contributed by atoms with Gasteiger partial charge in [-0.15, -0.1) is 10.2 Å². The third kappa shape index (κ3) is 3.13. The van der Waals surface area contributed by atoms with Gasteiger partial charge in [0.15, 0.2) is 0 Å². The SMILES string of the molecule is CC(N)c1nnc(-c2ccc(Br)cc2C(F)(F)F)s1. The van der Waals surface area contributed by atoms with Gasteiger partial charge in [-0.25, -0.2) is 0 Å². The molecule has 0 aliphatic heterocycles. The van der Waals surface area contributed by atoms with Gasteiger partial charge < -0.3 is 5.73 Å². The average Bonchev–Trinajstić information content (AvgIpc) is 2.77. The van der Waals surface area contributed by atoms with Crippen LogP contribution in [0.5, 0.6) is 0 Å². The third-order valence-corrected chi connectivity index (χ3v) is 4.00. The molecule has 0 aliphatic carbocycles. The Morgan fingerprint density at radius 1 is 1.32 bits per heavy atom. The van der Waals surface area contributed by atoms with E-state index >= 15 is 0 Å². The van der Waals surface area contributed by atoms with Crippen molar-refractivity contribution in [2.24, 2.45) is 5.73 Å². The molecule has 3 nitrogen and oxygen atoms in total. The van der Waals surface area contributed by atoms with Crippen molar-refractivity contribution in [3.63, 3.8) is 0 Å². The second-order valence-electron chi connectivity index (χ2n) is 3.92. The molecule has 0 radical (unpaired) electrons. The number of nitrogens with zero attached hydrogens (tertiary/aromatic N) is 2. The first kappa shape index (κ1) is 14.4. The quantitative estimate of drug-likeness (QED) is 0.889. The predicted octanol–water partition coefficient (Wildman–Crippen LogP) is 4.01. The molecule has 102 valence electrons. The van der Waals surface area contributed by atoms with E-state index in [2.05, 4.69) is 26.1 Å². The van der Waals surface area contributed by atoms with Crippen molar-refractivity contribution >= 4 is 27.3 Å². The van der Waals surface area contributed by atoms with Crippen LogP contribution >= 0.6 is 27.3 Å². The summed E-state index contributed by atoms with van der Waals surface area (Å²) < 4.78 is 39.3. The lowest BCUT2D eigenvalue weighted by Gasteiger charge is -2.11. The minimum absolute atomic E-state index is 0.0140. The van der Waals surface area contributed by atoms with E-state index in [0.717, 1.165) is 17.4 Å². The van der Waals surface area contributed by atoms with Crippen LogP contribution in [0, 0.1) is 0 Å². The summed E-state index contributed by atoms with van der Waals surface area (Å²) >= 11 is 4.10. The number of alkyl halides is 3. The summed E-state index contributed by atoms with van der Waals surface area (Å²) in [6.07, 6.45) is -4.45. The molecule has 0 bridgehead atoms. The number of hydrogen-bond donors (Lipinski definition) is 1. The van der Waals surface area contributed by atoms with E-state index in [-0.39, 0.29) is 16.6 Å². The summed E-state index contributed by atoms with van der Waals surface area (Å²) in [5.74, 6) is 0. The Morgan fingerprint density at radius 3 is 2.53 bits per heavy atom. The van der Waals surface area contributed by atoms with Gasteiger partial charge in [0.1, 0.15) is 10.0 Å². The highest BCUT2D eigenvalue weighted by molar-refractivity contribution is 9.10. The summed E-state index contributed by atoms with van der Waals surface area (Å²) in [5, 5.41) is 8.31. The van der Waals surface area contributed by atoms with Crippen LogP contribution in [0.25, 0.3) is 10.6 Å². The molecule has 8 heteroatoms. The summed E-state index contributed by atoms with van der Waals surface area (Å²) in [7, 11) is 0. The van der Waals surface area contributed by atoms with Crippen LogP contribution in [0.15, 0.2) is 22.7 Å². The molecule has 0 saturated heterocycles. The van der Waals surface area contributed by atoms with Gasteiger partial charge in [-0.2, -0.15) is 13.2 Å². The predicted molar refractivity (Wildman–Crippen MR) is 70.6 cm³/mol. The number of benzene rings is 1. The van der Waals surface area contributed by atoms with Crippen molar-refractivity contribution in [2.75, 3.05) is 0 Å². The summed E-state index contributed by atoms with van der Waals surface area (Å²) in [5.41, 5.74) is 4.90. The van der Waals surface area contributed by atoms with Crippen molar-refractivity contribution in [1.82, 2.24) is 10.2 Å². The van der Waals surface area contributed by atoms with Gasteiger partial charge in [0.2, 0.25) is 0 Å². The first-order chi connectivity index (χ1) is 8.79. The lowest BCUT2D eigenvalue weighted by molar-refractivity contribution is -0.137. The van der Waals surface area contributed by atoms with E-state index < -0.39 is 11.7 Å². The summed E-state index contributed by atoms with van der Waals surface area (Å²) in [6.45, 7) is 1.70. The van der Waals surface area contributed by atoms with Crippen LogP contribution in [-0.4, -0.2) is 10.2 Å². The topological polar surface area (TPSA) is 51.8 Å². The maximum Gasteiger partial charge on any atom is 0.417 e. The Bertz CT molecular complexity index is 595. The van der Waals surface area contributed by atoms with Crippen molar-refractivity contribution in [3.8, 4) is 10.6 Å². The van der Waals surface area contributed by atoms with E-state index in [4.69, 9.17) is 5.73 Å². The largest absolute Gasteiger partial charge is 0.417 e. The fourth-order valence-electron chi connectivity index (χ4n) is 1.46.